The van der Waals surface area contributed by atoms with Gasteiger partial charge in [-0.1, -0.05) is 0 Å². The number of imidazole rings is 1. The summed E-state index contributed by atoms with van der Waals surface area (Å²) in [6.07, 6.45) is 7.15. The van der Waals surface area contributed by atoms with Gasteiger partial charge >= 0.3 is 0 Å². The van der Waals surface area contributed by atoms with Crippen LogP contribution < -0.4 is 10.6 Å². The molecule has 176 valence electrons. The number of carbonyl (C=O) groups is 1. The Morgan fingerprint density at radius 3 is 2.77 bits per heavy atom. The first-order valence-electron chi connectivity index (χ1n) is 11.1. The minimum atomic E-state index is -0.527. The highest BCUT2D eigenvalue weighted by Crippen LogP contribution is 2.27. The number of anilines is 3. The van der Waals surface area contributed by atoms with Crippen molar-refractivity contribution in [3.8, 4) is 0 Å². The summed E-state index contributed by atoms with van der Waals surface area (Å²) < 4.78 is 16.1. The molecule has 0 aliphatic carbocycles. The van der Waals surface area contributed by atoms with E-state index >= 15 is 0 Å². The molecule has 4 N–H and O–H groups in total. The van der Waals surface area contributed by atoms with Gasteiger partial charge in [0.2, 0.25) is 0 Å². The second kappa shape index (κ2) is 9.26. The highest BCUT2D eigenvalue weighted by Gasteiger charge is 2.15. The average molecular weight is 471 g/mol. The molecular weight excluding hydrogens is 447 g/mol. The van der Waals surface area contributed by atoms with Gasteiger partial charge in [-0.05, 0) is 68.5 Å². The summed E-state index contributed by atoms with van der Waals surface area (Å²) in [5.41, 5.74) is 5.12. The van der Waals surface area contributed by atoms with Crippen LogP contribution in [0.2, 0.25) is 0 Å². The summed E-state index contributed by atoms with van der Waals surface area (Å²) in [5.74, 6) is -0.945. The predicted molar refractivity (Wildman–Crippen MR) is 134 cm³/mol. The van der Waals surface area contributed by atoms with E-state index in [0.29, 0.717) is 17.9 Å². The molecule has 10 heteroatoms. The monoisotopic (exact) mass is 470 g/mol. The lowest BCUT2D eigenvalue weighted by atomic mass is 10.1. The van der Waals surface area contributed by atoms with E-state index in [0.717, 1.165) is 33.7 Å². The van der Waals surface area contributed by atoms with Crippen LogP contribution in [0.25, 0.3) is 23.1 Å². The lowest BCUT2D eigenvalue weighted by Crippen LogP contribution is -2.18. The Balaban J connectivity index is 1.34. The lowest BCUT2D eigenvalue weighted by molar-refractivity contribution is 0.101. The number of H-pyrrole nitrogens is 2. The SMILES string of the molecule is CCn1nc(C)cc1C(=O)Nc1cc(Nc2ccc3c(/C=C/c4cnc[nH]4)n[nH]c3c2)ccc1F. The van der Waals surface area contributed by atoms with E-state index in [1.54, 1.807) is 35.4 Å². The predicted octanol–water partition coefficient (Wildman–Crippen LogP) is 5.12. The van der Waals surface area contributed by atoms with Crippen LogP contribution in [0.5, 0.6) is 0 Å². The first-order valence-corrected chi connectivity index (χ1v) is 11.1. The van der Waals surface area contributed by atoms with Crippen molar-refractivity contribution in [3.05, 3.63) is 83.6 Å². The van der Waals surface area contributed by atoms with Gasteiger partial charge in [0, 0.05) is 23.3 Å². The molecule has 1 amide bonds. The maximum absolute atomic E-state index is 14.5. The molecule has 0 aliphatic rings. The standard InChI is InChI=1S/C25H23FN8O/c1-3-34-24(10-15(2)33-34)25(35)30-23-12-17(5-8-20(23)26)29-16-4-7-19-21(31-32-22(19)11-16)9-6-18-13-27-14-28-18/h4-14,29H,3H2,1-2H3,(H,27,28)(H,30,35)(H,31,32)/b9-6+. The molecule has 2 aromatic carbocycles. The summed E-state index contributed by atoms with van der Waals surface area (Å²) in [4.78, 5) is 19.7. The van der Waals surface area contributed by atoms with Crippen molar-refractivity contribution in [2.24, 2.45) is 0 Å². The fourth-order valence-electron chi connectivity index (χ4n) is 3.79. The molecule has 0 bridgehead atoms. The maximum atomic E-state index is 14.5. The van der Waals surface area contributed by atoms with Crippen molar-refractivity contribution >= 4 is 46.0 Å². The second-order valence-electron chi connectivity index (χ2n) is 7.97. The normalized spacial score (nSPS) is 11.4. The van der Waals surface area contributed by atoms with Crippen LogP contribution in [0.1, 0.15) is 34.5 Å². The van der Waals surface area contributed by atoms with Gasteiger partial charge in [0.05, 0.1) is 40.8 Å². The molecule has 0 unspecified atom stereocenters. The van der Waals surface area contributed by atoms with E-state index < -0.39 is 11.7 Å². The number of rotatable bonds is 7. The summed E-state index contributed by atoms with van der Waals surface area (Å²) in [5, 5.41) is 18.5. The first-order chi connectivity index (χ1) is 17.0. The van der Waals surface area contributed by atoms with Crippen molar-refractivity contribution in [2.45, 2.75) is 20.4 Å². The van der Waals surface area contributed by atoms with Gasteiger partial charge in [-0.2, -0.15) is 10.2 Å². The number of amides is 1. The van der Waals surface area contributed by atoms with Gasteiger partial charge in [0.1, 0.15) is 11.5 Å². The lowest BCUT2D eigenvalue weighted by Gasteiger charge is -2.11. The topological polar surface area (TPSA) is 116 Å². The number of nitrogens with one attached hydrogen (secondary N) is 4. The Morgan fingerprint density at radius 2 is 1.97 bits per heavy atom. The Morgan fingerprint density at radius 1 is 1.14 bits per heavy atom. The number of hydrogen-bond acceptors (Lipinski definition) is 5. The number of carbonyl (C=O) groups excluding carboxylic acids is 1. The van der Waals surface area contributed by atoms with Crippen LogP contribution in [0.4, 0.5) is 21.5 Å². The number of fused-ring (bicyclic) bond motifs is 1. The fraction of sp³-hybridized carbons (Fsp3) is 0.120. The third-order valence-electron chi connectivity index (χ3n) is 5.47. The molecule has 9 nitrogen and oxygen atoms in total. The van der Waals surface area contributed by atoms with Gasteiger partial charge in [-0.15, -0.1) is 0 Å². The number of aromatic amines is 2. The maximum Gasteiger partial charge on any atom is 0.274 e. The average Bonchev–Trinajstić information content (AvgIpc) is 3.59. The van der Waals surface area contributed by atoms with Gasteiger partial charge in [0.25, 0.3) is 5.91 Å². The molecule has 0 saturated heterocycles. The number of nitrogens with zero attached hydrogens (tertiary/aromatic N) is 4. The second-order valence-corrected chi connectivity index (χ2v) is 7.97. The first kappa shape index (κ1) is 22.1. The molecule has 0 radical (unpaired) electrons. The van der Waals surface area contributed by atoms with Crippen LogP contribution in [0, 0.1) is 12.7 Å². The zero-order chi connectivity index (χ0) is 24.4. The van der Waals surface area contributed by atoms with E-state index in [4.69, 9.17) is 0 Å². The highest BCUT2D eigenvalue weighted by molar-refractivity contribution is 6.03. The van der Waals surface area contributed by atoms with Crippen LogP contribution in [0.3, 0.4) is 0 Å². The van der Waals surface area contributed by atoms with E-state index in [1.165, 1.54) is 6.07 Å². The van der Waals surface area contributed by atoms with Crippen molar-refractivity contribution in [1.29, 1.82) is 0 Å². The quantitative estimate of drug-likeness (QED) is 0.264. The zero-order valence-electron chi connectivity index (χ0n) is 19.1. The number of aromatic nitrogens is 6. The molecule has 0 saturated carbocycles. The number of hydrogen-bond donors (Lipinski definition) is 4. The molecule has 0 atom stereocenters. The summed E-state index contributed by atoms with van der Waals surface area (Å²) in [7, 11) is 0. The Kier molecular flexibility index (Phi) is 5.84. The van der Waals surface area contributed by atoms with Gasteiger partial charge in [-0.25, -0.2) is 9.37 Å². The molecule has 0 fully saturated rings. The largest absolute Gasteiger partial charge is 0.355 e. The molecule has 5 aromatic rings. The van der Waals surface area contributed by atoms with E-state index in [2.05, 4.69) is 35.9 Å². The van der Waals surface area contributed by atoms with Crippen LogP contribution >= 0.6 is 0 Å². The van der Waals surface area contributed by atoms with Crippen molar-refractivity contribution in [2.75, 3.05) is 10.6 Å². The summed E-state index contributed by atoms with van der Waals surface area (Å²) in [6.45, 7) is 4.24. The molecular formula is C25H23FN8O. The number of halogens is 1. The molecule has 0 spiro atoms. The van der Waals surface area contributed by atoms with E-state index in [9.17, 15) is 9.18 Å². The van der Waals surface area contributed by atoms with Crippen molar-refractivity contribution in [1.82, 2.24) is 29.9 Å². The number of aryl methyl sites for hydroxylation is 2. The smallest absolute Gasteiger partial charge is 0.274 e. The summed E-state index contributed by atoms with van der Waals surface area (Å²) in [6, 6.07) is 11.9. The van der Waals surface area contributed by atoms with Crippen LogP contribution in [-0.4, -0.2) is 35.9 Å². The van der Waals surface area contributed by atoms with Crippen LogP contribution in [0.15, 0.2) is 55.0 Å². The minimum absolute atomic E-state index is 0.0790. The third-order valence-corrected chi connectivity index (χ3v) is 5.47. The van der Waals surface area contributed by atoms with Gasteiger partial charge < -0.3 is 15.6 Å². The molecule has 0 aliphatic heterocycles. The Hall–Kier alpha value is -4.73. The van der Waals surface area contributed by atoms with Crippen molar-refractivity contribution in [3.63, 3.8) is 0 Å². The Labute approximate surface area is 200 Å². The molecule has 35 heavy (non-hydrogen) atoms. The van der Waals surface area contributed by atoms with Crippen LogP contribution in [-0.2, 0) is 6.54 Å². The van der Waals surface area contributed by atoms with Crippen molar-refractivity contribution < 1.29 is 9.18 Å². The van der Waals surface area contributed by atoms with E-state index in [1.807, 2.05) is 44.2 Å². The zero-order valence-corrected chi connectivity index (χ0v) is 19.1. The molecule has 5 rings (SSSR count). The molecule has 3 aromatic heterocycles. The van der Waals surface area contributed by atoms with E-state index in [-0.39, 0.29) is 5.69 Å². The third kappa shape index (κ3) is 4.67. The fourth-order valence-corrected chi connectivity index (χ4v) is 3.79. The highest BCUT2D eigenvalue weighted by atomic mass is 19.1. The number of benzene rings is 2. The summed E-state index contributed by atoms with van der Waals surface area (Å²) >= 11 is 0. The Bertz CT molecular complexity index is 1530. The molecule has 3 heterocycles. The van der Waals surface area contributed by atoms with Gasteiger partial charge in [-0.3, -0.25) is 14.6 Å². The van der Waals surface area contributed by atoms with Gasteiger partial charge in [0.15, 0.2) is 0 Å². The minimum Gasteiger partial charge on any atom is -0.355 e.